The van der Waals surface area contributed by atoms with E-state index in [9.17, 15) is 17.2 Å². The van der Waals surface area contributed by atoms with E-state index in [1.807, 2.05) is 0 Å². The minimum Gasteiger partial charge on any atom is -0.486 e. The number of nitrogens with two attached hydrogens (primary N) is 1. The number of amidine groups is 1. The third-order valence-corrected chi connectivity index (χ3v) is 8.48. The number of nitrogens with zero attached hydrogens (tertiary/aromatic N) is 2. The molecule has 32 heavy (non-hydrogen) atoms. The zero-order chi connectivity index (χ0) is 23.3. The molecule has 0 amide bonds. The van der Waals surface area contributed by atoms with Gasteiger partial charge in [0.15, 0.2) is 21.3 Å². The molecule has 4 rings (SSSR count). The van der Waals surface area contributed by atoms with Crippen LogP contribution in [-0.2, 0) is 15.4 Å². The Morgan fingerprint density at radius 3 is 2.53 bits per heavy atom. The average Bonchev–Trinajstić information content (AvgIpc) is 2.73. The molecule has 0 radical (unpaired) electrons. The lowest BCUT2D eigenvalue weighted by Crippen LogP contribution is -2.55. The second-order valence-corrected chi connectivity index (χ2v) is 11.0. The Kier molecular flexibility index (Phi) is 5.23. The topological polar surface area (TPSA) is 104 Å². The highest BCUT2D eigenvalue weighted by Gasteiger charge is 2.49. The summed E-state index contributed by atoms with van der Waals surface area (Å²) in [5.41, 5.74) is 4.85. The number of fused-ring (bicyclic) bond motifs is 1. The van der Waals surface area contributed by atoms with Gasteiger partial charge >= 0.3 is 0 Å². The zero-order valence-electron chi connectivity index (χ0n) is 17.9. The first-order valence-electron chi connectivity index (χ1n) is 9.94. The predicted molar refractivity (Wildman–Crippen MR) is 117 cm³/mol. The van der Waals surface area contributed by atoms with Crippen molar-refractivity contribution in [3.8, 4) is 11.5 Å². The monoisotopic (exact) mass is 463 g/mol. The highest BCUT2D eigenvalue weighted by molar-refractivity contribution is 7.93. The van der Waals surface area contributed by atoms with E-state index in [0.717, 1.165) is 6.07 Å². The van der Waals surface area contributed by atoms with E-state index in [4.69, 9.17) is 15.2 Å². The second kappa shape index (κ2) is 7.54. The van der Waals surface area contributed by atoms with Crippen molar-refractivity contribution in [2.24, 2.45) is 10.7 Å². The van der Waals surface area contributed by atoms with E-state index in [1.54, 1.807) is 0 Å². The Balaban J connectivity index is 1.73. The predicted octanol–water partition coefficient (Wildman–Crippen LogP) is 3.24. The third kappa shape index (κ3) is 3.72. The summed E-state index contributed by atoms with van der Waals surface area (Å²) in [4.78, 5) is 8.37. The molecule has 170 valence electrons. The van der Waals surface area contributed by atoms with Crippen molar-refractivity contribution in [3.63, 3.8) is 0 Å². The number of hydrogen-bond acceptors (Lipinski definition) is 7. The Bertz CT molecular complexity index is 1260. The zero-order valence-corrected chi connectivity index (χ0v) is 18.7. The number of aromatic nitrogens is 1. The molecule has 0 aliphatic carbocycles. The standard InChI is InChI=1S/C22H23F2N3O4S/c1-21(2)20(25)27-22(3,12-32(21,28)29)14-8-13(4-5-15(14)23)9-16(24)17-10-18-19(11-26-17)31-7-6-30-18/h4-5,8-11H,6-7,12H2,1-3H3,(H2,25,27)/b16-9-/t22-/m0/s1. The lowest BCUT2D eigenvalue weighted by molar-refractivity contribution is 0.170. The summed E-state index contributed by atoms with van der Waals surface area (Å²) in [6.07, 6.45) is 2.56. The molecule has 0 spiro atoms. The van der Waals surface area contributed by atoms with Gasteiger partial charge in [-0.3, -0.25) is 4.99 Å². The van der Waals surface area contributed by atoms with Gasteiger partial charge in [-0.2, -0.15) is 0 Å². The largest absolute Gasteiger partial charge is 0.486 e. The molecule has 1 aromatic carbocycles. The number of aliphatic imine (C=N–C) groups is 1. The van der Waals surface area contributed by atoms with Crippen molar-refractivity contribution in [3.05, 3.63) is 53.1 Å². The highest BCUT2D eigenvalue weighted by atomic mass is 32.2. The van der Waals surface area contributed by atoms with Crippen LogP contribution in [0.2, 0.25) is 0 Å². The van der Waals surface area contributed by atoms with Gasteiger partial charge in [-0.25, -0.2) is 22.2 Å². The Morgan fingerprint density at radius 2 is 1.84 bits per heavy atom. The van der Waals surface area contributed by atoms with Crippen molar-refractivity contribution in [1.29, 1.82) is 0 Å². The van der Waals surface area contributed by atoms with Gasteiger partial charge in [0, 0.05) is 11.6 Å². The molecule has 1 atom stereocenters. The summed E-state index contributed by atoms with van der Waals surface area (Å²) in [5, 5.41) is 0. The molecule has 3 heterocycles. The molecule has 1 aromatic heterocycles. The number of pyridine rings is 1. The fourth-order valence-corrected chi connectivity index (χ4v) is 5.31. The van der Waals surface area contributed by atoms with Crippen LogP contribution in [0.3, 0.4) is 0 Å². The van der Waals surface area contributed by atoms with Gasteiger partial charge in [-0.15, -0.1) is 0 Å². The molecule has 0 fully saturated rings. The van der Waals surface area contributed by atoms with Crippen LogP contribution in [0.15, 0.2) is 35.5 Å². The molecule has 0 unspecified atom stereocenters. The third-order valence-electron chi connectivity index (χ3n) is 5.77. The number of benzene rings is 1. The van der Waals surface area contributed by atoms with Crippen LogP contribution in [-0.4, -0.2) is 43.0 Å². The van der Waals surface area contributed by atoms with Gasteiger partial charge in [0.2, 0.25) is 0 Å². The quantitative estimate of drug-likeness (QED) is 0.750. The van der Waals surface area contributed by atoms with Gasteiger partial charge in [0.25, 0.3) is 0 Å². The summed E-state index contributed by atoms with van der Waals surface area (Å²) in [6, 6.07) is 5.33. The van der Waals surface area contributed by atoms with E-state index < -0.39 is 37.5 Å². The normalized spacial score (nSPS) is 24.0. The molecular formula is C22H23F2N3O4S. The van der Waals surface area contributed by atoms with Crippen LogP contribution in [0.25, 0.3) is 11.9 Å². The van der Waals surface area contributed by atoms with Crippen LogP contribution >= 0.6 is 0 Å². The van der Waals surface area contributed by atoms with Crippen LogP contribution in [0.5, 0.6) is 11.5 Å². The summed E-state index contributed by atoms with van der Waals surface area (Å²) in [6.45, 7) is 5.17. The van der Waals surface area contributed by atoms with Gasteiger partial charge in [-0.1, -0.05) is 6.07 Å². The van der Waals surface area contributed by atoms with E-state index >= 15 is 0 Å². The number of halogens is 2. The minimum absolute atomic E-state index is 0.0104. The number of sulfone groups is 1. The lowest BCUT2D eigenvalue weighted by atomic mass is 9.91. The molecule has 2 N–H and O–H groups in total. The van der Waals surface area contributed by atoms with E-state index in [-0.39, 0.29) is 17.1 Å². The molecule has 2 aliphatic rings. The van der Waals surface area contributed by atoms with Crippen molar-refractivity contribution in [1.82, 2.24) is 4.98 Å². The fraction of sp³-hybridized carbons (Fsp3) is 0.364. The van der Waals surface area contributed by atoms with Gasteiger partial charge in [0.05, 0.1) is 11.9 Å². The van der Waals surface area contributed by atoms with Crippen molar-refractivity contribution in [2.75, 3.05) is 19.0 Å². The summed E-state index contributed by atoms with van der Waals surface area (Å²) < 4.78 is 64.7. The first-order valence-corrected chi connectivity index (χ1v) is 11.6. The van der Waals surface area contributed by atoms with Crippen LogP contribution in [0.4, 0.5) is 8.78 Å². The molecule has 2 aliphatic heterocycles. The van der Waals surface area contributed by atoms with Crippen molar-refractivity contribution in [2.45, 2.75) is 31.1 Å². The Labute approximate surface area is 184 Å². The molecule has 10 heteroatoms. The van der Waals surface area contributed by atoms with E-state index in [2.05, 4.69) is 9.98 Å². The number of rotatable bonds is 3. The molecule has 7 nitrogen and oxygen atoms in total. The maximum atomic E-state index is 14.9. The SMILES string of the molecule is CC1(C)C(N)=N[C@](C)(c2cc(/C=C(\F)c3cc4c(cn3)OCCO4)ccc2F)CS1(=O)=O. The number of hydrogen-bond donors (Lipinski definition) is 1. The highest BCUT2D eigenvalue weighted by Crippen LogP contribution is 2.38. The second-order valence-electron chi connectivity index (χ2n) is 8.49. The summed E-state index contributed by atoms with van der Waals surface area (Å²) in [7, 11) is -3.72. The fourth-order valence-electron chi connectivity index (χ4n) is 3.63. The summed E-state index contributed by atoms with van der Waals surface area (Å²) >= 11 is 0. The minimum atomic E-state index is -3.72. The first kappa shape index (κ1) is 22.2. The summed E-state index contributed by atoms with van der Waals surface area (Å²) in [5.74, 6) is -1.04. The van der Waals surface area contributed by atoms with E-state index in [0.29, 0.717) is 30.3 Å². The number of ether oxygens (including phenoxy) is 2. The van der Waals surface area contributed by atoms with Crippen LogP contribution in [0, 0.1) is 5.82 Å². The lowest BCUT2D eigenvalue weighted by Gasteiger charge is -2.38. The molecule has 2 aromatic rings. The van der Waals surface area contributed by atoms with Gasteiger partial charge < -0.3 is 15.2 Å². The molecule has 0 saturated heterocycles. The average molecular weight is 464 g/mol. The van der Waals surface area contributed by atoms with E-state index in [1.165, 1.54) is 51.2 Å². The maximum Gasteiger partial charge on any atom is 0.179 e. The smallest absolute Gasteiger partial charge is 0.179 e. The molecule has 0 bridgehead atoms. The maximum absolute atomic E-state index is 14.9. The Hall–Kier alpha value is -3.01. The van der Waals surface area contributed by atoms with Crippen molar-refractivity contribution >= 4 is 27.6 Å². The molecule has 0 saturated carbocycles. The van der Waals surface area contributed by atoms with Gasteiger partial charge in [-0.05, 0) is 44.5 Å². The Morgan fingerprint density at radius 1 is 1.16 bits per heavy atom. The van der Waals surface area contributed by atoms with Crippen LogP contribution < -0.4 is 15.2 Å². The molecular weight excluding hydrogens is 440 g/mol. The first-order chi connectivity index (χ1) is 14.9. The van der Waals surface area contributed by atoms with Crippen LogP contribution in [0.1, 0.15) is 37.6 Å². The van der Waals surface area contributed by atoms with Gasteiger partial charge in [0.1, 0.15) is 46.7 Å². The van der Waals surface area contributed by atoms with Crippen molar-refractivity contribution < 1.29 is 26.7 Å².